The molecule has 0 aromatic carbocycles. The lowest BCUT2D eigenvalue weighted by molar-refractivity contribution is -0.142. The molecule has 126 valence electrons. The molecule has 2 aliphatic rings. The lowest BCUT2D eigenvalue weighted by Gasteiger charge is -2.29. The quantitative estimate of drug-likeness (QED) is 0.894. The van der Waals surface area contributed by atoms with Gasteiger partial charge in [0.05, 0.1) is 31.0 Å². The van der Waals surface area contributed by atoms with Gasteiger partial charge in [0, 0.05) is 25.5 Å². The zero-order valence-corrected chi connectivity index (χ0v) is 13.4. The molecule has 2 aliphatic heterocycles. The first-order valence-electron chi connectivity index (χ1n) is 8.26. The molecule has 1 amide bonds. The van der Waals surface area contributed by atoms with Crippen molar-refractivity contribution < 1.29 is 9.53 Å². The van der Waals surface area contributed by atoms with Crippen molar-refractivity contribution in [2.45, 2.75) is 38.6 Å². The summed E-state index contributed by atoms with van der Waals surface area (Å²) in [5.41, 5.74) is 1.97. The molecule has 1 atom stereocenters. The van der Waals surface area contributed by atoms with E-state index in [-0.39, 0.29) is 12.0 Å². The fraction of sp³-hybridized carbons (Fsp3) is 0.500. The van der Waals surface area contributed by atoms with Crippen LogP contribution in [0.5, 0.6) is 0 Å². The smallest absolute Gasteiger partial charge is 0.252 e. The lowest BCUT2D eigenvalue weighted by atomic mass is 10.2. The van der Waals surface area contributed by atoms with Gasteiger partial charge in [0.1, 0.15) is 6.10 Å². The number of fused-ring (bicyclic) bond motifs is 1. The largest absolute Gasteiger partial charge is 0.368 e. The number of aromatic nitrogens is 4. The number of ether oxygens (including phenoxy) is 1. The first kappa shape index (κ1) is 15.1. The number of anilines is 1. The van der Waals surface area contributed by atoms with Crippen LogP contribution in [0.1, 0.15) is 24.2 Å². The van der Waals surface area contributed by atoms with Crippen LogP contribution in [-0.2, 0) is 29.2 Å². The van der Waals surface area contributed by atoms with E-state index in [4.69, 9.17) is 4.74 Å². The maximum atomic E-state index is 12.5. The molecule has 1 saturated heterocycles. The molecule has 8 nitrogen and oxygen atoms in total. The Kier molecular flexibility index (Phi) is 4.12. The molecule has 2 aromatic heterocycles. The minimum absolute atomic E-state index is 0.109. The normalized spacial score (nSPS) is 20.0. The Hall–Kier alpha value is -2.48. The fourth-order valence-corrected chi connectivity index (χ4v) is 3.14. The van der Waals surface area contributed by atoms with E-state index in [0.717, 1.165) is 30.8 Å². The maximum Gasteiger partial charge on any atom is 0.252 e. The molecule has 0 bridgehead atoms. The molecule has 0 spiro atoms. The minimum atomic E-state index is -0.254. The standard InChI is InChI=1S/C16H20N6O2/c23-15(14-3-1-8-24-14)21-6-7-22-13(11-21)9-12(20-22)10-19-16-17-4-2-5-18-16/h2,4-5,9,14H,1,3,6-8,10-11H2,(H,17,18,19). The van der Waals surface area contributed by atoms with E-state index in [9.17, 15) is 4.79 Å². The van der Waals surface area contributed by atoms with Gasteiger partial charge in [-0.05, 0) is 25.0 Å². The number of hydrogen-bond donors (Lipinski definition) is 1. The number of nitrogens with zero attached hydrogens (tertiary/aromatic N) is 5. The van der Waals surface area contributed by atoms with Gasteiger partial charge in [-0.15, -0.1) is 0 Å². The molecule has 1 fully saturated rings. The van der Waals surface area contributed by atoms with Crippen LogP contribution in [0.3, 0.4) is 0 Å². The van der Waals surface area contributed by atoms with Crippen molar-refractivity contribution in [3.05, 3.63) is 35.9 Å². The van der Waals surface area contributed by atoms with Gasteiger partial charge >= 0.3 is 0 Å². The Labute approximate surface area is 139 Å². The molecular weight excluding hydrogens is 308 g/mol. The third-order valence-electron chi connectivity index (χ3n) is 4.36. The Morgan fingerprint density at radius 2 is 2.21 bits per heavy atom. The van der Waals surface area contributed by atoms with Crippen LogP contribution >= 0.6 is 0 Å². The van der Waals surface area contributed by atoms with Gasteiger partial charge in [0.25, 0.3) is 5.91 Å². The number of hydrogen-bond acceptors (Lipinski definition) is 6. The van der Waals surface area contributed by atoms with Crippen molar-refractivity contribution in [1.82, 2.24) is 24.6 Å². The molecule has 0 aliphatic carbocycles. The Balaban J connectivity index is 1.39. The predicted molar refractivity (Wildman–Crippen MR) is 86.0 cm³/mol. The van der Waals surface area contributed by atoms with E-state index >= 15 is 0 Å². The van der Waals surface area contributed by atoms with Crippen LogP contribution in [0.25, 0.3) is 0 Å². The summed E-state index contributed by atoms with van der Waals surface area (Å²) in [5, 5.41) is 7.74. The molecule has 4 heterocycles. The van der Waals surface area contributed by atoms with Crippen LogP contribution in [0, 0.1) is 0 Å². The van der Waals surface area contributed by atoms with Gasteiger partial charge in [0.15, 0.2) is 0 Å². The monoisotopic (exact) mass is 328 g/mol. The molecule has 2 aromatic rings. The summed E-state index contributed by atoms with van der Waals surface area (Å²) in [6.07, 6.45) is 4.95. The zero-order chi connectivity index (χ0) is 16.4. The van der Waals surface area contributed by atoms with Gasteiger partial charge in [-0.2, -0.15) is 5.10 Å². The first-order chi connectivity index (χ1) is 11.8. The van der Waals surface area contributed by atoms with Crippen molar-refractivity contribution >= 4 is 11.9 Å². The third kappa shape index (κ3) is 3.09. The summed E-state index contributed by atoms with van der Waals surface area (Å²) in [4.78, 5) is 22.6. The molecule has 1 unspecified atom stereocenters. The number of nitrogens with one attached hydrogen (secondary N) is 1. The Morgan fingerprint density at radius 1 is 1.33 bits per heavy atom. The number of carbonyl (C=O) groups is 1. The summed E-state index contributed by atoms with van der Waals surface area (Å²) < 4.78 is 7.49. The van der Waals surface area contributed by atoms with Crippen molar-refractivity contribution in [3.8, 4) is 0 Å². The van der Waals surface area contributed by atoms with E-state index < -0.39 is 0 Å². The Bertz CT molecular complexity index is 711. The first-order valence-corrected chi connectivity index (χ1v) is 8.26. The van der Waals surface area contributed by atoms with Crippen molar-refractivity contribution in [2.24, 2.45) is 0 Å². The second-order valence-corrected chi connectivity index (χ2v) is 6.04. The number of rotatable bonds is 4. The average molecular weight is 328 g/mol. The lowest BCUT2D eigenvalue weighted by Crippen LogP contribution is -2.43. The van der Waals surface area contributed by atoms with Gasteiger partial charge in [-0.3, -0.25) is 9.48 Å². The van der Waals surface area contributed by atoms with E-state index in [2.05, 4.69) is 20.4 Å². The second kappa shape index (κ2) is 6.56. The van der Waals surface area contributed by atoms with E-state index in [1.54, 1.807) is 18.5 Å². The predicted octanol–water partition coefficient (Wildman–Crippen LogP) is 0.806. The van der Waals surface area contributed by atoms with E-state index in [1.165, 1.54) is 0 Å². The van der Waals surface area contributed by atoms with Crippen LogP contribution < -0.4 is 5.32 Å². The van der Waals surface area contributed by atoms with E-state index in [1.807, 2.05) is 15.6 Å². The molecule has 1 N–H and O–H groups in total. The minimum Gasteiger partial charge on any atom is -0.368 e. The zero-order valence-electron chi connectivity index (χ0n) is 13.4. The van der Waals surface area contributed by atoms with E-state index in [0.29, 0.717) is 32.2 Å². The maximum absolute atomic E-state index is 12.5. The molecule has 24 heavy (non-hydrogen) atoms. The highest BCUT2D eigenvalue weighted by atomic mass is 16.5. The second-order valence-electron chi connectivity index (χ2n) is 6.04. The van der Waals surface area contributed by atoms with Crippen LogP contribution in [0.4, 0.5) is 5.95 Å². The fourth-order valence-electron chi connectivity index (χ4n) is 3.14. The van der Waals surface area contributed by atoms with Crippen LogP contribution in [-0.4, -0.2) is 49.8 Å². The summed E-state index contributed by atoms with van der Waals surface area (Å²) in [5.74, 6) is 0.691. The van der Waals surface area contributed by atoms with Gasteiger partial charge in [-0.25, -0.2) is 9.97 Å². The molecule has 8 heteroatoms. The van der Waals surface area contributed by atoms with Gasteiger partial charge < -0.3 is 15.0 Å². The summed E-state index contributed by atoms with van der Waals surface area (Å²) in [6, 6.07) is 3.81. The van der Waals surface area contributed by atoms with Crippen molar-refractivity contribution in [1.29, 1.82) is 0 Å². The molecular formula is C16H20N6O2. The average Bonchev–Trinajstić information content (AvgIpc) is 3.29. The molecule has 0 saturated carbocycles. The van der Waals surface area contributed by atoms with Crippen molar-refractivity contribution in [3.63, 3.8) is 0 Å². The number of amides is 1. The van der Waals surface area contributed by atoms with Gasteiger partial charge in [-0.1, -0.05) is 0 Å². The van der Waals surface area contributed by atoms with Crippen LogP contribution in [0.15, 0.2) is 24.5 Å². The highest BCUT2D eigenvalue weighted by Gasteiger charge is 2.30. The molecule has 0 radical (unpaired) electrons. The summed E-state index contributed by atoms with van der Waals surface area (Å²) in [7, 11) is 0. The SMILES string of the molecule is O=C(C1CCCO1)N1CCn2nc(CNc3ncccn3)cc2C1. The summed E-state index contributed by atoms with van der Waals surface area (Å²) >= 11 is 0. The highest BCUT2D eigenvalue weighted by molar-refractivity contribution is 5.81. The topological polar surface area (TPSA) is 85.2 Å². The summed E-state index contributed by atoms with van der Waals surface area (Å²) in [6.45, 7) is 3.24. The van der Waals surface area contributed by atoms with Crippen molar-refractivity contribution in [2.75, 3.05) is 18.5 Å². The highest BCUT2D eigenvalue weighted by Crippen LogP contribution is 2.19. The molecule has 4 rings (SSSR count). The van der Waals surface area contributed by atoms with Crippen LogP contribution in [0.2, 0.25) is 0 Å². The number of carbonyl (C=O) groups excluding carboxylic acids is 1. The third-order valence-corrected chi connectivity index (χ3v) is 4.36. The van der Waals surface area contributed by atoms with Gasteiger partial charge in [0.2, 0.25) is 5.95 Å². The Morgan fingerprint density at radius 3 is 3.00 bits per heavy atom.